The Hall–Kier alpha value is -3.03. The summed E-state index contributed by atoms with van der Waals surface area (Å²) in [5.41, 5.74) is 3.15. The summed E-state index contributed by atoms with van der Waals surface area (Å²) in [6, 6.07) is 16.5. The molecular weight excluding hydrogens is 461 g/mol. The molecule has 5 nitrogen and oxygen atoms in total. The Morgan fingerprint density at radius 3 is 2.49 bits per heavy atom. The predicted octanol–water partition coefficient (Wildman–Crippen LogP) is 6.06. The number of halogens is 1. The number of amides is 1. The third kappa shape index (κ3) is 5.80. The maximum Gasteiger partial charge on any atom is 0.257 e. The van der Waals surface area contributed by atoms with Crippen LogP contribution in [0.4, 0.5) is 4.39 Å². The van der Waals surface area contributed by atoms with Crippen molar-refractivity contribution in [2.75, 3.05) is 32.7 Å². The minimum atomic E-state index is -0.170. The van der Waals surface area contributed by atoms with Crippen molar-refractivity contribution in [2.45, 2.75) is 25.2 Å². The van der Waals surface area contributed by atoms with Gasteiger partial charge in [-0.2, -0.15) is 11.3 Å². The third-order valence-corrected chi connectivity index (χ3v) is 7.66. The van der Waals surface area contributed by atoms with E-state index in [1.54, 1.807) is 23.5 Å². The fourth-order valence-electron chi connectivity index (χ4n) is 5.17. The molecule has 2 aliphatic rings. The number of likely N-dealkylation sites (tertiary alicyclic amines) is 2. The highest BCUT2D eigenvalue weighted by Crippen LogP contribution is 2.30. The van der Waals surface area contributed by atoms with E-state index in [0.717, 1.165) is 57.5 Å². The van der Waals surface area contributed by atoms with Crippen molar-refractivity contribution in [1.82, 2.24) is 14.8 Å². The average Bonchev–Trinajstić information content (AvgIpc) is 3.68. The fourth-order valence-corrected chi connectivity index (χ4v) is 5.62. The quantitative estimate of drug-likeness (QED) is 0.348. The monoisotopic (exact) mass is 491 g/mol. The molecule has 0 aliphatic carbocycles. The number of carbonyl (C=O) groups excluding carboxylic acids is 1. The van der Waals surface area contributed by atoms with E-state index in [9.17, 15) is 9.18 Å². The number of rotatable bonds is 4. The van der Waals surface area contributed by atoms with Gasteiger partial charge >= 0.3 is 0 Å². The predicted molar refractivity (Wildman–Crippen MR) is 137 cm³/mol. The minimum absolute atomic E-state index is 0.0369. The first kappa shape index (κ1) is 23.7. The Morgan fingerprint density at radius 2 is 1.77 bits per heavy atom. The highest BCUT2D eigenvalue weighted by Gasteiger charge is 2.31. The van der Waals surface area contributed by atoms with Crippen LogP contribution in [0.15, 0.2) is 76.2 Å². The molecule has 6 rings (SSSR count). The number of para-hydroxylation sites is 1. The van der Waals surface area contributed by atoms with Gasteiger partial charge in [0.15, 0.2) is 12.0 Å². The lowest BCUT2D eigenvalue weighted by molar-refractivity contribution is 0.0782. The topological polar surface area (TPSA) is 49.6 Å². The molecule has 2 fully saturated rings. The van der Waals surface area contributed by atoms with E-state index >= 15 is 0 Å². The van der Waals surface area contributed by atoms with Gasteiger partial charge in [0.25, 0.3) is 5.91 Å². The maximum atomic E-state index is 13.2. The summed E-state index contributed by atoms with van der Waals surface area (Å²) in [7, 11) is 0. The molecule has 0 spiro atoms. The summed E-state index contributed by atoms with van der Waals surface area (Å²) in [4.78, 5) is 21.6. The number of aromatic nitrogens is 1. The van der Waals surface area contributed by atoms with Crippen LogP contribution in [0.3, 0.4) is 0 Å². The standard InChI is InChI=1S/C24H26FN3O2.C4H4S/c25-20-6-4-18(5-7-20)19-9-11-27(12-10-19)14-17-8-13-28(15-17)24(29)21-2-1-3-22-23(21)30-16-26-22;1-2-4-5-3-1/h1-7,16-17,19H,8-15H2;1-4H/t17-;/m1./s1. The second kappa shape index (κ2) is 11.1. The van der Waals surface area contributed by atoms with Crippen LogP contribution in [0.2, 0.25) is 0 Å². The van der Waals surface area contributed by atoms with Gasteiger partial charge in [-0.15, -0.1) is 0 Å². The number of carbonyl (C=O) groups is 1. The molecule has 1 atom stereocenters. The van der Waals surface area contributed by atoms with Gasteiger partial charge in [-0.1, -0.05) is 30.3 Å². The van der Waals surface area contributed by atoms with Crippen molar-refractivity contribution in [3.63, 3.8) is 0 Å². The maximum absolute atomic E-state index is 13.2. The van der Waals surface area contributed by atoms with Crippen LogP contribution in [0.1, 0.15) is 41.1 Å². The van der Waals surface area contributed by atoms with E-state index in [1.807, 2.05) is 58.1 Å². The number of fused-ring (bicyclic) bond motifs is 1. The normalized spacial score (nSPS) is 19.0. The van der Waals surface area contributed by atoms with Crippen molar-refractivity contribution < 1.29 is 13.6 Å². The molecule has 0 unspecified atom stereocenters. The van der Waals surface area contributed by atoms with Crippen LogP contribution in [-0.2, 0) is 0 Å². The number of thiophene rings is 1. The average molecular weight is 492 g/mol. The van der Waals surface area contributed by atoms with Crippen LogP contribution < -0.4 is 0 Å². The van der Waals surface area contributed by atoms with Gasteiger partial charge in [-0.3, -0.25) is 4.79 Å². The summed E-state index contributed by atoms with van der Waals surface area (Å²) in [6.07, 6.45) is 4.64. The minimum Gasteiger partial charge on any atom is -0.443 e. The summed E-state index contributed by atoms with van der Waals surface area (Å²) in [5.74, 6) is 0.891. The Morgan fingerprint density at radius 1 is 1.00 bits per heavy atom. The summed E-state index contributed by atoms with van der Waals surface area (Å²) >= 11 is 1.71. The molecule has 0 bridgehead atoms. The van der Waals surface area contributed by atoms with Crippen molar-refractivity contribution in [3.05, 3.63) is 88.7 Å². The first-order valence-corrected chi connectivity index (χ1v) is 13.2. The molecular formula is C28H30FN3O2S. The number of hydrogen-bond acceptors (Lipinski definition) is 5. The van der Waals surface area contributed by atoms with Gasteiger partial charge in [0.2, 0.25) is 0 Å². The molecule has 1 amide bonds. The van der Waals surface area contributed by atoms with Crippen LogP contribution in [0.5, 0.6) is 0 Å². The summed E-state index contributed by atoms with van der Waals surface area (Å²) in [6.45, 7) is 4.74. The van der Waals surface area contributed by atoms with E-state index in [4.69, 9.17) is 4.42 Å². The number of nitrogens with zero attached hydrogens (tertiary/aromatic N) is 3. The Labute approximate surface area is 209 Å². The molecule has 4 heterocycles. The molecule has 4 aromatic rings. The molecule has 0 radical (unpaired) electrons. The number of benzene rings is 2. The molecule has 2 saturated heterocycles. The van der Waals surface area contributed by atoms with E-state index in [1.165, 1.54) is 12.0 Å². The number of hydrogen-bond donors (Lipinski definition) is 0. The van der Waals surface area contributed by atoms with E-state index < -0.39 is 0 Å². The molecule has 2 aliphatic heterocycles. The molecule has 0 saturated carbocycles. The number of oxazole rings is 1. The second-order valence-electron chi connectivity index (χ2n) is 9.33. The molecule has 0 N–H and O–H groups in total. The van der Waals surface area contributed by atoms with Crippen LogP contribution >= 0.6 is 11.3 Å². The first-order chi connectivity index (χ1) is 17.2. The smallest absolute Gasteiger partial charge is 0.257 e. The largest absolute Gasteiger partial charge is 0.443 e. The van der Waals surface area contributed by atoms with Crippen LogP contribution in [0.25, 0.3) is 11.1 Å². The molecule has 182 valence electrons. The van der Waals surface area contributed by atoms with E-state index in [0.29, 0.717) is 23.0 Å². The second-order valence-corrected chi connectivity index (χ2v) is 10.1. The van der Waals surface area contributed by atoms with Crippen molar-refractivity contribution >= 4 is 28.3 Å². The van der Waals surface area contributed by atoms with Gasteiger partial charge in [0, 0.05) is 19.6 Å². The van der Waals surface area contributed by atoms with Crippen LogP contribution in [-0.4, -0.2) is 53.4 Å². The van der Waals surface area contributed by atoms with E-state index in [-0.39, 0.29) is 11.7 Å². The Kier molecular flexibility index (Phi) is 7.54. The molecule has 2 aromatic carbocycles. The highest BCUT2D eigenvalue weighted by atomic mass is 32.1. The lowest BCUT2D eigenvalue weighted by Gasteiger charge is -2.33. The van der Waals surface area contributed by atoms with Crippen molar-refractivity contribution in [3.8, 4) is 0 Å². The van der Waals surface area contributed by atoms with Crippen LogP contribution in [0, 0.1) is 11.7 Å². The van der Waals surface area contributed by atoms with Gasteiger partial charge in [0.1, 0.15) is 11.3 Å². The lowest BCUT2D eigenvalue weighted by atomic mass is 9.89. The Balaban J connectivity index is 0.000000453. The first-order valence-electron chi connectivity index (χ1n) is 12.2. The van der Waals surface area contributed by atoms with Gasteiger partial charge in [0.05, 0.1) is 5.56 Å². The summed E-state index contributed by atoms with van der Waals surface area (Å²) in [5, 5.41) is 4.08. The number of piperidine rings is 1. The third-order valence-electron chi connectivity index (χ3n) is 7.03. The van der Waals surface area contributed by atoms with Gasteiger partial charge < -0.3 is 14.2 Å². The lowest BCUT2D eigenvalue weighted by Crippen LogP contribution is -2.37. The van der Waals surface area contributed by atoms with E-state index in [2.05, 4.69) is 9.88 Å². The zero-order chi connectivity index (χ0) is 24.0. The molecule has 35 heavy (non-hydrogen) atoms. The SMILES string of the molecule is O=C(c1cccc2ncoc12)N1CC[C@H](CN2CCC(c3ccc(F)cc3)CC2)C1.c1ccsc1. The van der Waals surface area contributed by atoms with Gasteiger partial charge in [-0.25, -0.2) is 9.37 Å². The van der Waals surface area contributed by atoms with Crippen molar-refractivity contribution in [1.29, 1.82) is 0 Å². The highest BCUT2D eigenvalue weighted by molar-refractivity contribution is 7.07. The summed E-state index contributed by atoms with van der Waals surface area (Å²) < 4.78 is 18.6. The van der Waals surface area contributed by atoms with Crippen molar-refractivity contribution in [2.24, 2.45) is 5.92 Å². The zero-order valence-electron chi connectivity index (χ0n) is 19.7. The Bertz CT molecular complexity index is 1200. The van der Waals surface area contributed by atoms with Gasteiger partial charge in [-0.05, 0) is 84.8 Å². The molecule has 2 aromatic heterocycles. The zero-order valence-corrected chi connectivity index (χ0v) is 20.5. The fraction of sp³-hybridized carbons (Fsp3) is 0.357. The molecule has 7 heteroatoms.